The predicted molar refractivity (Wildman–Crippen MR) is 67.4 cm³/mol. The van der Waals surface area contributed by atoms with Crippen LogP contribution in [0.1, 0.15) is 6.92 Å². The lowest BCUT2D eigenvalue weighted by Crippen LogP contribution is -2.24. The van der Waals surface area contributed by atoms with Crippen molar-refractivity contribution in [1.82, 2.24) is 0 Å². The molecule has 17 heavy (non-hydrogen) atoms. The number of hydrogen-bond donors (Lipinski definition) is 1. The molecule has 1 rings (SSSR count). The molecule has 5 heteroatoms. The first-order valence-corrected chi connectivity index (χ1v) is 5.67. The molecule has 0 aliphatic rings. The minimum Gasteiger partial charge on any atom is -0.459 e. The van der Waals surface area contributed by atoms with Crippen molar-refractivity contribution in [2.45, 2.75) is 13.0 Å². The summed E-state index contributed by atoms with van der Waals surface area (Å²) in [5, 5.41) is 3.60. The van der Waals surface area contributed by atoms with Gasteiger partial charge in [0.2, 0.25) is 0 Å². The molecule has 0 fully saturated rings. The van der Waals surface area contributed by atoms with Crippen molar-refractivity contribution in [3.05, 3.63) is 29.3 Å². The Balaban J connectivity index is 2.30. The summed E-state index contributed by atoms with van der Waals surface area (Å²) in [6, 6.07) is 7.11. The van der Waals surface area contributed by atoms with Crippen molar-refractivity contribution in [2.24, 2.45) is 0 Å². The maximum atomic E-state index is 11.4. The van der Waals surface area contributed by atoms with E-state index in [9.17, 15) is 4.79 Å². The van der Waals surface area contributed by atoms with Crippen molar-refractivity contribution >= 4 is 23.3 Å². The average Bonchev–Trinajstić information content (AvgIpc) is 2.28. The van der Waals surface area contributed by atoms with Crippen LogP contribution in [0.5, 0.6) is 0 Å². The lowest BCUT2D eigenvalue weighted by atomic mass is 10.3. The van der Waals surface area contributed by atoms with E-state index in [-0.39, 0.29) is 18.6 Å². The lowest BCUT2D eigenvalue weighted by Gasteiger charge is -2.12. The van der Waals surface area contributed by atoms with Gasteiger partial charge in [-0.25, -0.2) is 0 Å². The summed E-state index contributed by atoms with van der Waals surface area (Å²) in [6.45, 7) is 2.30. The number of hydrogen-bond acceptors (Lipinski definition) is 4. The highest BCUT2D eigenvalue weighted by Crippen LogP contribution is 2.12. The third kappa shape index (κ3) is 5.56. The Kier molecular flexibility index (Phi) is 5.80. The molecule has 94 valence electrons. The second-order valence-corrected chi connectivity index (χ2v) is 4.05. The molecule has 1 aromatic carbocycles. The quantitative estimate of drug-likeness (QED) is 0.795. The molecule has 1 N–H and O–H groups in total. The van der Waals surface area contributed by atoms with Gasteiger partial charge in [0.15, 0.2) is 0 Å². The van der Waals surface area contributed by atoms with Gasteiger partial charge in [-0.1, -0.05) is 11.6 Å². The average molecular weight is 258 g/mol. The molecule has 0 radical (unpaired) electrons. The number of ether oxygens (including phenoxy) is 2. The summed E-state index contributed by atoms with van der Waals surface area (Å²) < 4.78 is 9.95. The van der Waals surface area contributed by atoms with Gasteiger partial charge in [-0.2, -0.15) is 0 Å². The van der Waals surface area contributed by atoms with Crippen LogP contribution in [-0.2, 0) is 14.3 Å². The normalized spacial score (nSPS) is 11.9. The zero-order chi connectivity index (χ0) is 12.7. The van der Waals surface area contributed by atoms with Gasteiger partial charge in [-0.05, 0) is 31.2 Å². The van der Waals surface area contributed by atoms with Gasteiger partial charge in [0, 0.05) is 17.8 Å². The molecule has 0 aromatic heterocycles. The number of carbonyl (C=O) groups is 1. The van der Waals surface area contributed by atoms with Gasteiger partial charge in [0.05, 0.1) is 6.61 Å². The minimum absolute atomic E-state index is 0.121. The van der Waals surface area contributed by atoms with Crippen LogP contribution < -0.4 is 5.32 Å². The smallest absolute Gasteiger partial charge is 0.325 e. The van der Waals surface area contributed by atoms with Gasteiger partial charge in [-0.15, -0.1) is 0 Å². The molecule has 0 bridgehead atoms. The summed E-state index contributed by atoms with van der Waals surface area (Å²) in [4.78, 5) is 11.4. The highest BCUT2D eigenvalue weighted by molar-refractivity contribution is 6.30. The maximum Gasteiger partial charge on any atom is 0.325 e. The van der Waals surface area contributed by atoms with Gasteiger partial charge in [0.25, 0.3) is 0 Å². The van der Waals surface area contributed by atoms with Crippen LogP contribution in [0.4, 0.5) is 5.69 Å². The van der Waals surface area contributed by atoms with E-state index >= 15 is 0 Å². The molecular formula is C12H16ClNO3. The van der Waals surface area contributed by atoms with E-state index in [0.717, 1.165) is 5.69 Å². The first-order chi connectivity index (χ1) is 8.11. The van der Waals surface area contributed by atoms with Crippen LogP contribution in [0, 0.1) is 0 Å². The Morgan fingerprint density at radius 3 is 2.65 bits per heavy atom. The summed E-state index contributed by atoms with van der Waals surface area (Å²) in [6.07, 6.45) is -0.237. The molecule has 0 heterocycles. The lowest BCUT2D eigenvalue weighted by molar-refractivity contribution is -0.148. The second kappa shape index (κ2) is 7.14. The van der Waals surface area contributed by atoms with Crippen molar-refractivity contribution in [1.29, 1.82) is 0 Å². The summed E-state index contributed by atoms with van der Waals surface area (Å²) >= 11 is 5.74. The van der Waals surface area contributed by atoms with Crippen LogP contribution in [0.3, 0.4) is 0 Å². The molecule has 1 aromatic rings. The van der Waals surface area contributed by atoms with Gasteiger partial charge in [0.1, 0.15) is 12.6 Å². The Morgan fingerprint density at radius 2 is 2.06 bits per heavy atom. The minimum atomic E-state index is -0.315. The predicted octanol–water partition coefficient (Wildman–Crippen LogP) is 2.33. The van der Waals surface area contributed by atoms with Crippen molar-refractivity contribution < 1.29 is 14.3 Å². The van der Waals surface area contributed by atoms with E-state index in [1.54, 1.807) is 38.3 Å². The molecule has 0 aliphatic heterocycles. The van der Waals surface area contributed by atoms with Crippen LogP contribution >= 0.6 is 11.6 Å². The molecule has 0 amide bonds. The summed E-state index contributed by atoms with van der Waals surface area (Å²) in [5.41, 5.74) is 0.825. The Bertz CT molecular complexity index is 353. The number of methoxy groups -OCH3 is 1. The van der Waals surface area contributed by atoms with Crippen molar-refractivity contribution in [3.63, 3.8) is 0 Å². The molecule has 0 spiro atoms. The SMILES string of the molecule is COCC(C)OC(=O)CNc1ccc(Cl)cc1. The maximum absolute atomic E-state index is 11.4. The van der Waals surface area contributed by atoms with E-state index in [2.05, 4.69) is 5.32 Å². The Morgan fingerprint density at radius 1 is 1.41 bits per heavy atom. The van der Waals surface area contributed by atoms with Crippen LogP contribution in [-0.4, -0.2) is 32.3 Å². The molecule has 0 saturated carbocycles. The first-order valence-electron chi connectivity index (χ1n) is 5.29. The zero-order valence-electron chi connectivity index (χ0n) is 9.90. The standard InChI is InChI=1S/C12H16ClNO3/c1-9(8-16-2)17-12(15)7-14-11-5-3-10(13)4-6-11/h3-6,9,14H,7-8H2,1-2H3. The topological polar surface area (TPSA) is 47.6 Å². The van der Waals surface area contributed by atoms with E-state index in [1.807, 2.05) is 0 Å². The molecule has 4 nitrogen and oxygen atoms in total. The number of carbonyl (C=O) groups excluding carboxylic acids is 1. The van der Waals surface area contributed by atoms with E-state index < -0.39 is 0 Å². The number of benzene rings is 1. The highest BCUT2D eigenvalue weighted by atomic mass is 35.5. The van der Waals surface area contributed by atoms with E-state index in [0.29, 0.717) is 11.6 Å². The third-order valence-corrected chi connectivity index (χ3v) is 2.27. The number of rotatable bonds is 6. The van der Waals surface area contributed by atoms with Gasteiger partial charge in [-0.3, -0.25) is 4.79 Å². The van der Waals surface area contributed by atoms with E-state index in [1.165, 1.54) is 0 Å². The Hall–Kier alpha value is -1.26. The molecule has 1 unspecified atom stereocenters. The molecular weight excluding hydrogens is 242 g/mol. The third-order valence-electron chi connectivity index (χ3n) is 2.02. The summed E-state index contributed by atoms with van der Waals surface area (Å²) in [5.74, 6) is -0.315. The van der Waals surface area contributed by atoms with Gasteiger partial charge >= 0.3 is 5.97 Å². The van der Waals surface area contributed by atoms with E-state index in [4.69, 9.17) is 21.1 Å². The van der Waals surface area contributed by atoms with Crippen LogP contribution in [0.2, 0.25) is 5.02 Å². The Labute approximate surface area is 106 Å². The number of nitrogens with one attached hydrogen (secondary N) is 1. The van der Waals surface area contributed by atoms with Gasteiger partial charge < -0.3 is 14.8 Å². The molecule has 0 saturated heterocycles. The number of halogens is 1. The fourth-order valence-electron chi connectivity index (χ4n) is 1.28. The van der Waals surface area contributed by atoms with Crippen LogP contribution in [0.15, 0.2) is 24.3 Å². The second-order valence-electron chi connectivity index (χ2n) is 3.62. The monoisotopic (exact) mass is 257 g/mol. The zero-order valence-corrected chi connectivity index (χ0v) is 10.7. The van der Waals surface area contributed by atoms with Crippen molar-refractivity contribution in [2.75, 3.05) is 25.6 Å². The fraction of sp³-hybridized carbons (Fsp3) is 0.417. The number of anilines is 1. The fourth-order valence-corrected chi connectivity index (χ4v) is 1.40. The summed E-state index contributed by atoms with van der Waals surface area (Å²) in [7, 11) is 1.57. The largest absolute Gasteiger partial charge is 0.459 e. The van der Waals surface area contributed by atoms with Crippen LogP contribution in [0.25, 0.3) is 0 Å². The first kappa shape index (κ1) is 13.8. The molecule has 0 aliphatic carbocycles. The number of esters is 1. The molecule has 1 atom stereocenters. The van der Waals surface area contributed by atoms with Crippen molar-refractivity contribution in [3.8, 4) is 0 Å². The highest BCUT2D eigenvalue weighted by Gasteiger charge is 2.08.